The van der Waals surface area contributed by atoms with E-state index in [1.165, 1.54) is 12.1 Å². The minimum absolute atomic E-state index is 0.259. The Hall–Kier alpha value is -1.03. The highest BCUT2D eigenvalue weighted by atomic mass is 19.4. The zero-order chi connectivity index (χ0) is 11.8. The van der Waals surface area contributed by atoms with E-state index in [2.05, 4.69) is 0 Å². The van der Waals surface area contributed by atoms with Crippen molar-refractivity contribution in [2.24, 2.45) is 0 Å². The molecule has 1 nitrogen and oxygen atoms in total. The molecule has 0 aromatic heterocycles. The predicted octanol–water partition coefficient (Wildman–Crippen LogP) is 2.86. The molecule has 1 aliphatic rings. The van der Waals surface area contributed by atoms with E-state index < -0.39 is 18.2 Å². The first kappa shape index (κ1) is 11.5. The zero-order valence-corrected chi connectivity index (χ0v) is 8.72. The average Bonchev–Trinajstić information content (AvgIpc) is 2.80. The van der Waals surface area contributed by atoms with Crippen LogP contribution < -0.4 is 0 Å². The van der Waals surface area contributed by atoms with Gasteiger partial charge in [-0.1, -0.05) is 24.3 Å². The maximum absolute atomic E-state index is 12.2. The first-order valence-corrected chi connectivity index (χ1v) is 5.23. The highest BCUT2D eigenvalue weighted by Gasteiger charge is 2.40. The predicted molar refractivity (Wildman–Crippen MR) is 54.1 cm³/mol. The summed E-state index contributed by atoms with van der Waals surface area (Å²) in [5.41, 5.74) is 0.382. The van der Waals surface area contributed by atoms with Gasteiger partial charge in [-0.15, -0.1) is 0 Å². The van der Waals surface area contributed by atoms with Gasteiger partial charge in [0.1, 0.15) is 0 Å². The van der Waals surface area contributed by atoms with Crippen LogP contribution in [0.25, 0.3) is 0 Å². The number of benzene rings is 1. The fraction of sp³-hybridized carbons (Fsp3) is 0.500. The lowest BCUT2D eigenvalue weighted by Gasteiger charge is -2.10. The Bertz CT molecular complexity index is 358. The van der Waals surface area contributed by atoms with E-state index in [-0.39, 0.29) is 5.56 Å². The van der Waals surface area contributed by atoms with Crippen molar-refractivity contribution >= 4 is 0 Å². The van der Waals surface area contributed by atoms with E-state index in [4.69, 9.17) is 0 Å². The minimum atomic E-state index is -4.17. The molecule has 1 fully saturated rings. The second-order valence-electron chi connectivity index (χ2n) is 4.51. The molecule has 1 aromatic rings. The maximum Gasteiger partial charge on any atom is 0.393 e. The third-order valence-electron chi connectivity index (χ3n) is 2.76. The smallest absolute Gasteiger partial charge is 0.390 e. The highest BCUT2D eigenvalue weighted by molar-refractivity contribution is 5.26. The molecule has 0 heterocycles. The van der Waals surface area contributed by atoms with Crippen LogP contribution in [0.5, 0.6) is 0 Å². The van der Waals surface area contributed by atoms with Crippen LogP contribution in [-0.2, 0) is 12.8 Å². The number of alkyl halides is 3. The molecule has 1 aromatic carbocycles. The van der Waals surface area contributed by atoms with Crippen LogP contribution in [-0.4, -0.2) is 16.9 Å². The lowest BCUT2D eigenvalue weighted by molar-refractivity contribution is -0.127. The van der Waals surface area contributed by atoms with Crippen LogP contribution in [0.3, 0.4) is 0 Å². The quantitative estimate of drug-likeness (QED) is 0.846. The van der Waals surface area contributed by atoms with Crippen LogP contribution in [0.4, 0.5) is 13.2 Å². The second kappa shape index (κ2) is 3.77. The van der Waals surface area contributed by atoms with Gasteiger partial charge in [0.05, 0.1) is 12.0 Å². The Morgan fingerprint density at radius 3 is 2.38 bits per heavy atom. The Morgan fingerprint density at radius 2 is 1.81 bits per heavy atom. The van der Waals surface area contributed by atoms with E-state index in [9.17, 15) is 18.3 Å². The van der Waals surface area contributed by atoms with Crippen LogP contribution in [0.2, 0.25) is 0 Å². The molecular formula is C12H13F3O. The fourth-order valence-electron chi connectivity index (χ4n) is 1.78. The average molecular weight is 230 g/mol. The first-order chi connectivity index (χ1) is 7.36. The van der Waals surface area contributed by atoms with Crippen molar-refractivity contribution < 1.29 is 18.3 Å². The molecular weight excluding hydrogens is 217 g/mol. The molecule has 0 aliphatic heterocycles. The van der Waals surface area contributed by atoms with E-state index in [1.54, 1.807) is 12.1 Å². The van der Waals surface area contributed by atoms with E-state index in [0.717, 1.165) is 18.4 Å². The molecule has 0 radical (unpaired) electrons. The number of hydrogen-bond acceptors (Lipinski definition) is 1. The van der Waals surface area contributed by atoms with Gasteiger partial charge in [-0.25, -0.2) is 0 Å². The van der Waals surface area contributed by atoms with Crippen molar-refractivity contribution in [1.29, 1.82) is 0 Å². The molecule has 0 atom stereocenters. The molecule has 0 bridgehead atoms. The van der Waals surface area contributed by atoms with Crippen LogP contribution in [0.15, 0.2) is 24.3 Å². The van der Waals surface area contributed by atoms with Gasteiger partial charge in [0, 0.05) is 6.42 Å². The summed E-state index contributed by atoms with van der Waals surface area (Å²) in [4.78, 5) is 0. The summed E-state index contributed by atoms with van der Waals surface area (Å²) in [5.74, 6) is 0. The summed E-state index contributed by atoms with van der Waals surface area (Å²) in [6.45, 7) is 0. The van der Waals surface area contributed by atoms with Crippen molar-refractivity contribution in [3.63, 3.8) is 0 Å². The summed E-state index contributed by atoms with van der Waals surface area (Å²) in [5, 5.41) is 9.68. The summed E-state index contributed by atoms with van der Waals surface area (Å²) in [6, 6.07) is 6.37. The summed E-state index contributed by atoms with van der Waals surface area (Å²) in [7, 11) is 0. The Balaban J connectivity index is 2.07. The number of rotatable bonds is 3. The summed E-state index contributed by atoms with van der Waals surface area (Å²) in [6.07, 6.45) is -3.12. The highest BCUT2D eigenvalue weighted by Crippen LogP contribution is 2.38. The number of aliphatic hydroxyl groups is 1. The number of hydrogen-bond donors (Lipinski definition) is 1. The largest absolute Gasteiger partial charge is 0.393 e. The van der Waals surface area contributed by atoms with E-state index >= 15 is 0 Å². The Labute approximate surface area is 91.9 Å². The summed E-state index contributed by atoms with van der Waals surface area (Å²) >= 11 is 0. The van der Waals surface area contributed by atoms with E-state index in [1.807, 2.05) is 0 Å². The van der Waals surface area contributed by atoms with Gasteiger partial charge < -0.3 is 5.11 Å². The molecule has 16 heavy (non-hydrogen) atoms. The lowest BCUT2D eigenvalue weighted by Crippen LogP contribution is -2.13. The Kier molecular flexibility index (Phi) is 2.70. The topological polar surface area (TPSA) is 20.2 Å². The van der Waals surface area contributed by atoms with Crippen LogP contribution in [0.1, 0.15) is 24.0 Å². The number of halogens is 3. The third-order valence-corrected chi connectivity index (χ3v) is 2.76. The van der Waals surface area contributed by atoms with Gasteiger partial charge in [0.25, 0.3) is 0 Å². The van der Waals surface area contributed by atoms with Crippen molar-refractivity contribution in [3.05, 3.63) is 35.4 Å². The maximum atomic E-state index is 12.2. The molecule has 1 aliphatic carbocycles. The lowest BCUT2D eigenvalue weighted by atomic mass is 10.0. The normalized spacial score (nSPS) is 18.5. The van der Waals surface area contributed by atoms with Crippen molar-refractivity contribution in [1.82, 2.24) is 0 Å². The monoisotopic (exact) mass is 230 g/mol. The van der Waals surface area contributed by atoms with Gasteiger partial charge in [0.15, 0.2) is 0 Å². The minimum Gasteiger partial charge on any atom is -0.390 e. The molecule has 88 valence electrons. The van der Waals surface area contributed by atoms with Crippen LogP contribution in [0, 0.1) is 0 Å². The molecule has 0 saturated heterocycles. The molecule has 1 saturated carbocycles. The van der Waals surface area contributed by atoms with Gasteiger partial charge in [0.2, 0.25) is 0 Å². The molecule has 4 heteroatoms. The van der Waals surface area contributed by atoms with E-state index in [0.29, 0.717) is 6.42 Å². The van der Waals surface area contributed by atoms with Crippen molar-refractivity contribution in [2.45, 2.75) is 37.5 Å². The van der Waals surface area contributed by atoms with Crippen molar-refractivity contribution in [2.75, 3.05) is 0 Å². The summed E-state index contributed by atoms with van der Waals surface area (Å²) < 4.78 is 36.5. The molecule has 1 N–H and O–H groups in total. The Morgan fingerprint density at radius 1 is 1.19 bits per heavy atom. The van der Waals surface area contributed by atoms with Gasteiger partial charge in [-0.05, 0) is 24.0 Å². The van der Waals surface area contributed by atoms with Gasteiger partial charge in [-0.3, -0.25) is 0 Å². The fourth-order valence-corrected chi connectivity index (χ4v) is 1.78. The molecule has 0 amide bonds. The first-order valence-electron chi connectivity index (χ1n) is 5.23. The van der Waals surface area contributed by atoms with Crippen molar-refractivity contribution in [3.8, 4) is 0 Å². The van der Waals surface area contributed by atoms with Gasteiger partial charge in [-0.2, -0.15) is 13.2 Å². The molecule has 2 rings (SSSR count). The van der Waals surface area contributed by atoms with Crippen LogP contribution >= 0.6 is 0 Å². The van der Waals surface area contributed by atoms with Gasteiger partial charge >= 0.3 is 6.18 Å². The SMILES string of the molecule is OC1(Cc2cccc(CC(F)(F)F)c2)CC1. The molecule has 0 unspecified atom stereocenters. The standard InChI is InChI=1S/C12H13F3O/c13-12(14,15)8-10-3-1-2-9(6-10)7-11(16)4-5-11/h1-3,6,16H,4-5,7-8H2. The molecule has 0 spiro atoms. The zero-order valence-electron chi connectivity index (χ0n) is 8.72. The second-order valence-corrected chi connectivity index (χ2v) is 4.51. The third kappa shape index (κ3) is 3.23.